The summed E-state index contributed by atoms with van der Waals surface area (Å²) in [5.41, 5.74) is 0. The molecule has 1 N–H and O–H groups in total. The Hall–Kier alpha value is -1.39. The first kappa shape index (κ1) is 51.6. The van der Waals surface area contributed by atoms with Crippen LogP contribution in [0.2, 0.25) is 0 Å². The van der Waals surface area contributed by atoms with Crippen LogP contribution in [0.5, 0.6) is 0 Å². The number of unbranched alkanes of at least 4 members (excludes halogenated alkanes) is 30. The van der Waals surface area contributed by atoms with E-state index in [1.807, 2.05) is 0 Å². The number of carbonyl (C=O) groups is 1. The lowest BCUT2D eigenvalue weighted by Gasteiger charge is -2.16. The number of aliphatic hydroxyl groups is 1. The molecule has 312 valence electrons. The third-order valence-electron chi connectivity index (χ3n) is 10.5. The number of carbonyl (C=O) groups excluding carboxylic acids is 1. The molecule has 0 heterocycles. The maximum atomic E-state index is 12.2. The quantitative estimate of drug-likeness (QED) is 0.0383. The van der Waals surface area contributed by atoms with Crippen molar-refractivity contribution in [1.82, 2.24) is 0 Å². The molecule has 4 heteroatoms. The topological polar surface area (TPSA) is 55.8 Å². The summed E-state index contributed by atoms with van der Waals surface area (Å²) in [4.78, 5) is 12.2. The molecule has 4 nitrogen and oxygen atoms in total. The Morgan fingerprint density at radius 2 is 0.792 bits per heavy atom. The van der Waals surface area contributed by atoms with Crippen molar-refractivity contribution in [2.24, 2.45) is 0 Å². The van der Waals surface area contributed by atoms with E-state index in [-0.39, 0.29) is 12.6 Å². The third kappa shape index (κ3) is 44.9. The van der Waals surface area contributed by atoms with Crippen LogP contribution in [0.1, 0.15) is 245 Å². The lowest BCUT2D eigenvalue weighted by molar-refractivity contribution is -0.154. The number of rotatable bonds is 44. The van der Waals surface area contributed by atoms with Crippen LogP contribution < -0.4 is 0 Å². The van der Waals surface area contributed by atoms with Gasteiger partial charge in [0.05, 0.1) is 13.2 Å². The highest BCUT2D eigenvalue weighted by molar-refractivity contribution is 5.69. The molecular weight excluding hydrogens is 653 g/mol. The van der Waals surface area contributed by atoms with Crippen molar-refractivity contribution in [3.63, 3.8) is 0 Å². The average molecular weight is 745 g/mol. The Kier molecular flexibility index (Phi) is 45.5. The van der Waals surface area contributed by atoms with E-state index in [9.17, 15) is 9.90 Å². The van der Waals surface area contributed by atoms with E-state index in [0.717, 1.165) is 44.9 Å². The monoisotopic (exact) mass is 745 g/mol. The maximum absolute atomic E-state index is 12.2. The molecular formula is C49H92O4. The minimum atomic E-state index is -0.539. The molecule has 0 saturated heterocycles. The summed E-state index contributed by atoms with van der Waals surface area (Å²) >= 11 is 0. The van der Waals surface area contributed by atoms with Crippen LogP contribution in [0.3, 0.4) is 0 Å². The summed E-state index contributed by atoms with van der Waals surface area (Å²) in [6.07, 6.45) is 59.3. The number of allylic oxidation sites excluding steroid dienone is 6. The highest BCUT2D eigenvalue weighted by Gasteiger charge is 2.13. The second-order valence-corrected chi connectivity index (χ2v) is 15.8. The smallest absolute Gasteiger partial charge is 0.306 e. The second kappa shape index (κ2) is 46.8. The number of hydrogen-bond donors (Lipinski definition) is 1. The van der Waals surface area contributed by atoms with E-state index in [4.69, 9.17) is 9.47 Å². The highest BCUT2D eigenvalue weighted by atomic mass is 16.6. The average Bonchev–Trinajstić information content (AvgIpc) is 3.16. The lowest BCUT2D eigenvalue weighted by atomic mass is 10.0. The summed E-state index contributed by atoms with van der Waals surface area (Å²) in [6.45, 7) is 5.34. The van der Waals surface area contributed by atoms with Crippen molar-refractivity contribution >= 4 is 5.97 Å². The van der Waals surface area contributed by atoms with Crippen molar-refractivity contribution in [3.05, 3.63) is 36.5 Å². The first-order valence-corrected chi connectivity index (χ1v) is 23.6. The molecule has 0 spiro atoms. The van der Waals surface area contributed by atoms with E-state index < -0.39 is 6.10 Å². The lowest BCUT2D eigenvalue weighted by Crippen LogP contribution is -2.27. The van der Waals surface area contributed by atoms with Crippen LogP contribution in [0.25, 0.3) is 0 Å². The van der Waals surface area contributed by atoms with Crippen molar-refractivity contribution in [2.45, 2.75) is 251 Å². The first-order chi connectivity index (χ1) is 26.2. The predicted molar refractivity (Wildman–Crippen MR) is 233 cm³/mol. The normalized spacial score (nSPS) is 12.6. The van der Waals surface area contributed by atoms with Crippen LogP contribution in [0.15, 0.2) is 36.5 Å². The van der Waals surface area contributed by atoms with Gasteiger partial charge in [-0.05, 0) is 51.4 Å². The standard InChI is InChI=1S/C49H92O4/c1-3-5-7-9-11-13-15-17-19-21-23-24-25-27-29-31-33-35-37-39-41-43-45-52-47-48(46-50)53-49(51)44-42-40-38-36-34-32-30-28-26-22-20-18-16-14-12-10-8-6-4-2/h12,14,18,20,26,28,48,50H,3-11,13,15-17,19,21-25,27,29-47H2,1-2H3/b14-12-,20-18-,28-26-. The summed E-state index contributed by atoms with van der Waals surface area (Å²) in [5, 5.41) is 9.62. The van der Waals surface area contributed by atoms with Crippen molar-refractivity contribution in [2.75, 3.05) is 19.8 Å². The number of esters is 1. The Bertz CT molecular complexity index is 787. The fourth-order valence-corrected chi connectivity index (χ4v) is 6.93. The molecule has 1 atom stereocenters. The zero-order valence-electron chi connectivity index (χ0n) is 35.8. The van der Waals surface area contributed by atoms with Gasteiger partial charge in [-0.15, -0.1) is 0 Å². The molecule has 0 saturated carbocycles. The fourth-order valence-electron chi connectivity index (χ4n) is 6.93. The van der Waals surface area contributed by atoms with Crippen LogP contribution >= 0.6 is 0 Å². The molecule has 0 aliphatic heterocycles. The van der Waals surface area contributed by atoms with Crippen LogP contribution in [0, 0.1) is 0 Å². The highest BCUT2D eigenvalue weighted by Crippen LogP contribution is 2.16. The summed E-state index contributed by atoms with van der Waals surface area (Å²) in [7, 11) is 0. The zero-order chi connectivity index (χ0) is 38.4. The molecule has 0 aromatic rings. The van der Waals surface area contributed by atoms with Gasteiger partial charge in [-0.3, -0.25) is 4.79 Å². The molecule has 0 bridgehead atoms. The van der Waals surface area contributed by atoms with Gasteiger partial charge in [0.2, 0.25) is 0 Å². The van der Waals surface area contributed by atoms with Gasteiger partial charge in [0.25, 0.3) is 0 Å². The molecule has 0 aromatic heterocycles. The molecule has 0 aliphatic rings. The van der Waals surface area contributed by atoms with E-state index >= 15 is 0 Å². The molecule has 1 unspecified atom stereocenters. The van der Waals surface area contributed by atoms with Crippen LogP contribution in [0.4, 0.5) is 0 Å². The number of ether oxygens (including phenoxy) is 2. The van der Waals surface area contributed by atoms with Gasteiger partial charge in [-0.1, -0.05) is 224 Å². The minimum absolute atomic E-state index is 0.174. The van der Waals surface area contributed by atoms with Gasteiger partial charge in [-0.2, -0.15) is 0 Å². The molecule has 53 heavy (non-hydrogen) atoms. The van der Waals surface area contributed by atoms with Crippen molar-refractivity contribution in [3.8, 4) is 0 Å². The third-order valence-corrected chi connectivity index (χ3v) is 10.5. The van der Waals surface area contributed by atoms with Gasteiger partial charge >= 0.3 is 5.97 Å². The minimum Gasteiger partial charge on any atom is -0.457 e. The summed E-state index contributed by atoms with van der Waals surface area (Å²) in [5.74, 6) is -0.209. The van der Waals surface area contributed by atoms with E-state index in [1.54, 1.807) is 0 Å². The van der Waals surface area contributed by atoms with Gasteiger partial charge in [0.15, 0.2) is 0 Å². The first-order valence-electron chi connectivity index (χ1n) is 23.6. The molecule has 0 aliphatic carbocycles. The second-order valence-electron chi connectivity index (χ2n) is 15.8. The maximum Gasteiger partial charge on any atom is 0.306 e. The molecule has 0 aromatic carbocycles. The van der Waals surface area contributed by atoms with Crippen molar-refractivity contribution in [1.29, 1.82) is 0 Å². The molecule has 0 fully saturated rings. The fraction of sp³-hybridized carbons (Fsp3) is 0.857. The van der Waals surface area contributed by atoms with Gasteiger partial charge < -0.3 is 14.6 Å². The van der Waals surface area contributed by atoms with Gasteiger partial charge in [-0.25, -0.2) is 0 Å². The van der Waals surface area contributed by atoms with Crippen molar-refractivity contribution < 1.29 is 19.4 Å². The van der Waals surface area contributed by atoms with E-state index in [2.05, 4.69) is 50.3 Å². The Morgan fingerprint density at radius 3 is 1.23 bits per heavy atom. The summed E-state index contributed by atoms with van der Waals surface area (Å²) in [6, 6.07) is 0. The van der Waals surface area contributed by atoms with Gasteiger partial charge in [0.1, 0.15) is 6.10 Å². The van der Waals surface area contributed by atoms with E-state index in [1.165, 1.54) is 180 Å². The largest absolute Gasteiger partial charge is 0.457 e. The number of aliphatic hydroxyl groups excluding tert-OH is 1. The molecule has 0 amide bonds. The molecule has 0 radical (unpaired) electrons. The van der Waals surface area contributed by atoms with E-state index in [0.29, 0.717) is 19.6 Å². The van der Waals surface area contributed by atoms with Crippen LogP contribution in [-0.4, -0.2) is 37.0 Å². The Labute approximate surface area is 331 Å². The predicted octanol–water partition coefficient (Wildman–Crippen LogP) is 15.7. The van der Waals surface area contributed by atoms with Crippen LogP contribution in [-0.2, 0) is 14.3 Å². The summed E-state index contributed by atoms with van der Waals surface area (Å²) < 4.78 is 11.2. The van der Waals surface area contributed by atoms with Gasteiger partial charge in [0, 0.05) is 13.0 Å². The molecule has 0 rings (SSSR count). The SMILES string of the molecule is CCCCC/C=C\C/C=C\C/C=C\CCCCCCCCC(=O)OC(CO)COCCCCCCCCCCCCCCCCCCCCCCCC. The Morgan fingerprint density at radius 1 is 0.453 bits per heavy atom. The zero-order valence-corrected chi connectivity index (χ0v) is 35.8. The Balaban J connectivity index is 3.40. The number of hydrogen-bond acceptors (Lipinski definition) is 4.